The van der Waals surface area contributed by atoms with Gasteiger partial charge < -0.3 is 14.6 Å². The summed E-state index contributed by atoms with van der Waals surface area (Å²) in [6.07, 6.45) is 0.995. The van der Waals surface area contributed by atoms with Crippen molar-refractivity contribution in [3.05, 3.63) is 29.8 Å². The Labute approximate surface area is 129 Å². The molecule has 1 N–H and O–H groups in total. The first-order chi connectivity index (χ1) is 10.4. The van der Waals surface area contributed by atoms with Crippen LogP contribution >= 0.6 is 0 Å². The summed E-state index contributed by atoms with van der Waals surface area (Å²) in [5.41, 5.74) is -2.55. The Morgan fingerprint density at radius 2 is 2.23 bits per heavy atom. The largest absolute Gasteiger partial charge is 0.483 e. The number of aliphatic hydroxyl groups is 1. The molecule has 6 nitrogen and oxygen atoms in total. The van der Waals surface area contributed by atoms with Crippen LogP contribution in [0.4, 0.5) is 0 Å². The molecule has 1 aromatic carbocycles. The quantitative estimate of drug-likeness (QED) is 0.522. The third-order valence-electron chi connectivity index (χ3n) is 3.68. The number of benzene rings is 1. The van der Waals surface area contributed by atoms with E-state index < -0.39 is 23.2 Å². The summed E-state index contributed by atoms with van der Waals surface area (Å²) in [4.78, 5) is 15.6. The van der Waals surface area contributed by atoms with Crippen molar-refractivity contribution in [3.8, 4) is 11.8 Å². The molecule has 2 atom stereocenters. The molecule has 6 heteroatoms. The molecule has 0 amide bonds. The summed E-state index contributed by atoms with van der Waals surface area (Å²) in [6.45, 7) is 5.13. The second-order valence-electron chi connectivity index (χ2n) is 5.46. The Morgan fingerprint density at radius 3 is 2.86 bits per heavy atom. The molecule has 2 rings (SSSR count). The summed E-state index contributed by atoms with van der Waals surface area (Å²) in [7, 11) is 0. The first-order valence-corrected chi connectivity index (χ1v) is 6.97. The van der Waals surface area contributed by atoms with Gasteiger partial charge in [0.05, 0.1) is 6.61 Å². The highest BCUT2D eigenvalue weighted by molar-refractivity contribution is 6.23. The van der Waals surface area contributed by atoms with E-state index in [4.69, 9.17) is 9.47 Å². The standard InChI is InChI=1S/C16H18N2O4/c1-4-21-13(19)9-18-14-11-7-5-6-8-12(11)22-15(2,3)16(14,20)10-17/h5-9,14,20H,4H2,1-3H3. The number of para-hydroxylation sites is 1. The van der Waals surface area contributed by atoms with Crippen molar-refractivity contribution in [2.75, 3.05) is 6.61 Å². The van der Waals surface area contributed by atoms with E-state index in [9.17, 15) is 15.2 Å². The average Bonchev–Trinajstić information content (AvgIpc) is 2.47. The van der Waals surface area contributed by atoms with Crippen molar-refractivity contribution in [1.82, 2.24) is 0 Å². The Bertz CT molecular complexity index is 648. The molecule has 2 unspecified atom stereocenters. The Kier molecular flexibility index (Phi) is 4.20. The molecule has 1 aromatic rings. The summed E-state index contributed by atoms with van der Waals surface area (Å²) >= 11 is 0. The third kappa shape index (κ3) is 2.55. The van der Waals surface area contributed by atoms with Gasteiger partial charge in [0, 0.05) is 5.56 Å². The highest BCUT2D eigenvalue weighted by Gasteiger charge is 2.56. The van der Waals surface area contributed by atoms with E-state index in [2.05, 4.69) is 4.99 Å². The van der Waals surface area contributed by atoms with E-state index in [-0.39, 0.29) is 6.61 Å². The van der Waals surface area contributed by atoms with E-state index in [1.807, 2.05) is 6.07 Å². The van der Waals surface area contributed by atoms with Crippen LogP contribution in [0.1, 0.15) is 32.4 Å². The number of hydrogen-bond donors (Lipinski definition) is 1. The fraction of sp³-hybridized carbons (Fsp3) is 0.438. The predicted octanol–water partition coefficient (Wildman–Crippen LogP) is 1.79. The molecular weight excluding hydrogens is 284 g/mol. The van der Waals surface area contributed by atoms with Crippen LogP contribution in [0.15, 0.2) is 29.3 Å². The monoisotopic (exact) mass is 302 g/mol. The zero-order valence-electron chi connectivity index (χ0n) is 12.7. The molecular formula is C16H18N2O4. The van der Waals surface area contributed by atoms with E-state index in [1.165, 1.54) is 0 Å². The van der Waals surface area contributed by atoms with Crippen LogP contribution in [-0.4, -0.2) is 35.1 Å². The topological polar surface area (TPSA) is 91.9 Å². The second-order valence-corrected chi connectivity index (χ2v) is 5.46. The zero-order valence-corrected chi connectivity index (χ0v) is 12.7. The first-order valence-electron chi connectivity index (χ1n) is 6.97. The fourth-order valence-corrected chi connectivity index (χ4v) is 2.41. The second kappa shape index (κ2) is 5.78. The molecule has 0 saturated carbocycles. The molecule has 0 bridgehead atoms. The molecule has 1 aliphatic rings. The van der Waals surface area contributed by atoms with Gasteiger partial charge in [-0.3, -0.25) is 4.99 Å². The van der Waals surface area contributed by atoms with E-state index in [0.717, 1.165) is 6.21 Å². The van der Waals surface area contributed by atoms with Crippen molar-refractivity contribution >= 4 is 12.2 Å². The van der Waals surface area contributed by atoms with Crippen LogP contribution in [-0.2, 0) is 9.53 Å². The number of fused-ring (bicyclic) bond motifs is 1. The minimum absolute atomic E-state index is 0.225. The SMILES string of the molecule is CCOC(=O)C=NC1c2ccccc2OC(C)(C)C1(O)C#N. The summed E-state index contributed by atoms with van der Waals surface area (Å²) in [5, 5.41) is 20.3. The maximum Gasteiger partial charge on any atom is 0.348 e. The van der Waals surface area contributed by atoms with Gasteiger partial charge in [0.15, 0.2) is 0 Å². The van der Waals surface area contributed by atoms with Crippen LogP contribution in [0.25, 0.3) is 0 Å². The van der Waals surface area contributed by atoms with Crippen molar-refractivity contribution in [2.24, 2.45) is 4.99 Å². The molecule has 0 fully saturated rings. The van der Waals surface area contributed by atoms with E-state index in [1.54, 1.807) is 45.0 Å². The summed E-state index contributed by atoms with van der Waals surface area (Å²) < 4.78 is 10.5. The highest BCUT2D eigenvalue weighted by atomic mass is 16.5. The third-order valence-corrected chi connectivity index (χ3v) is 3.68. The van der Waals surface area contributed by atoms with Gasteiger partial charge in [0.2, 0.25) is 5.60 Å². The smallest absolute Gasteiger partial charge is 0.348 e. The number of carbonyl (C=O) groups excluding carboxylic acids is 1. The lowest BCUT2D eigenvalue weighted by molar-refractivity contribution is -0.134. The predicted molar refractivity (Wildman–Crippen MR) is 79.6 cm³/mol. The molecule has 0 aromatic heterocycles. The van der Waals surface area contributed by atoms with Gasteiger partial charge in [-0.05, 0) is 26.8 Å². The lowest BCUT2D eigenvalue weighted by Crippen LogP contribution is -2.59. The maximum absolute atomic E-state index is 11.5. The van der Waals surface area contributed by atoms with E-state index >= 15 is 0 Å². The van der Waals surface area contributed by atoms with Crippen molar-refractivity contribution in [1.29, 1.82) is 5.26 Å². The molecule has 0 spiro atoms. The van der Waals surface area contributed by atoms with Crippen molar-refractivity contribution in [2.45, 2.75) is 38.0 Å². The minimum atomic E-state index is -1.91. The van der Waals surface area contributed by atoms with Gasteiger partial charge in [-0.2, -0.15) is 5.26 Å². The molecule has 22 heavy (non-hydrogen) atoms. The van der Waals surface area contributed by atoms with Crippen molar-refractivity contribution < 1.29 is 19.4 Å². The van der Waals surface area contributed by atoms with Gasteiger partial charge in [-0.1, -0.05) is 18.2 Å². The minimum Gasteiger partial charge on any atom is -0.483 e. The number of carbonyl (C=O) groups is 1. The van der Waals surface area contributed by atoms with E-state index in [0.29, 0.717) is 11.3 Å². The van der Waals surface area contributed by atoms with Crippen LogP contribution in [0.2, 0.25) is 0 Å². The fourth-order valence-electron chi connectivity index (χ4n) is 2.41. The van der Waals surface area contributed by atoms with Crippen LogP contribution in [0.3, 0.4) is 0 Å². The van der Waals surface area contributed by atoms with Gasteiger partial charge in [-0.15, -0.1) is 0 Å². The maximum atomic E-state index is 11.5. The van der Waals surface area contributed by atoms with Crippen LogP contribution in [0.5, 0.6) is 5.75 Å². The number of nitriles is 1. The normalized spacial score (nSPS) is 25.9. The van der Waals surface area contributed by atoms with Crippen LogP contribution < -0.4 is 4.74 Å². The summed E-state index contributed by atoms with van der Waals surface area (Å²) in [5.74, 6) is -0.0944. The zero-order chi connectivity index (χ0) is 16.4. The number of rotatable bonds is 3. The Balaban J connectivity index is 2.51. The average molecular weight is 302 g/mol. The molecule has 116 valence electrons. The Hall–Kier alpha value is -2.39. The van der Waals surface area contributed by atoms with Gasteiger partial charge >= 0.3 is 5.97 Å². The molecule has 1 aliphatic heterocycles. The number of nitrogens with zero attached hydrogens (tertiary/aromatic N) is 2. The Morgan fingerprint density at radius 1 is 1.55 bits per heavy atom. The number of hydrogen-bond acceptors (Lipinski definition) is 6. The molecule has 1 heterocycles. The summed E-state index contributed by atoms with van der Waals surface area (Å²) in [6, 6.07) is 7.93. The first kappa shape index (κ1) is 16.0. The lowest BCUT2D eigenvalue weighted by atomic mass is 9.75. The van der Waals surface area contributed by atoms with Crippen LogP contribution in [0, 0.1) is 11.3 Å². The van der Waals surface area contributed by atoms with Crippen molar-refractivity contribution in [3.63, 3.8) is 0 Å². The van der Waals surface area contributed by atoms with Gasteiger partial charge in [-0.25, -0.2) is 4.79 Å². The molecule has 0 saturated heterocycles. The number of esters is 1. The van der Waals surface area contributed by atoms with Gasteiger partial charge in [0.25, 0.3) is 0 Å². The number of aliphatic imine (C=N–C) groups is 1. The molecule has 0 aliphatic carbocycles. The highest BCUT2D eigenvalue weighted by Crippen LogP contribution is 2.47. The number of ether oxygens (including phenoxy) is 2. The lowest BCUT2D eigenvalue weighted by Gasteiger charge is -2.45. The molecule has 0 radical (unpaired) electrons. The van der Waals surface area contributed by atoms with Gasteiger partial charge in [0.1, 0.15) is 29.7 Å².